The smallest absolute Gasteiger partial charge is 0.376 e. The predicted octanol–water partition coefficient (Wildman–Crippen LogP) is 4.05. The second-order valence-corrected chi connectivity index (χ2v) is 6.85. The Morgan fingerprint density at radius 2 is 2.11 bits per heavy atom. The van der Waals surface area contributed by atoms with E-state index in [1.807, 2.05) is 0 Å². The number of halogens is 3. The van der Waals surface area contributed by atoms with Gasteiger partial charge >= 0.3 is 6.18 Å². The molecule has 0 radical (unpaired) electrons. The highest BCUT2D eigenvalue weighted by molar-refractivity contribution is 7.16. The molecule has 146 valence electrons. The van der Waals surface area contributed by atoms with Gasteiger partial charge in [0.15, 0.2) is 0 Å². The Hall–Kier alpha value is -2.62. The molecule has 0 saturated heterocycles. The standard InChI is InChI=1S/C17H19F3N4O2S/c1-4-15(26)23-24(9-25)16-6-5-14(27-16)11(3)22-13-7-12(17(18,19)20)8-21-10(13)2/h5-9,11,22H,4H2,1-3H3,(H,23,26)/t11-/m1/s1. The van der Waals surface area contributed by atoms with E-state index in [1.54, 1.807) is 32.9 Å². The van der Waals surface area contributed by atoms with Crippen molar-refractivity contribution in [2.24, 2.45) is 0 Å². The fraction of sp³-hybridized carbons (Fsp3) is 0.353. The van der Waals surface area contributed by atoms with E-state index in [0.717, 1.165) is 22.1 Å². The van der Waals surface area contributed by atoms with Crippen LogP contribution in [-0.2, 0) is 15.8 Å². The minimum atomic E-state index is -4.47. The van der Waals surface area contributed by atoms with Gasteiger partial charge in [0.25, 0.3) is 0 Å². The number of thiophene rings is 1. The van der Waals surface area contributed by atoms with Crippen LogP contribution in [0.1, 0.15) is 42.4 Å². The Kier molecular flexibility index (Phi) is 6.42. The third-order valence-electron chi connectivity index (χ3n) is 3.73. The fourth-order valence-corrected chi connectivity index (χ4v) is 3.13. The van der Waals surface area contributed by atoms with Crippen molar-refractivity contribution in [3.8, 4) is 0 Å². The summed E-state index contributed by atoms with van der Waals surface area (Å²) in [6.07, 6.45) is -2.96. The van der Waals surface area contributed by atoms with Gasteiger partial charge in [-0.3, -0.25) is 20.0 Å². The van der Waals surface area contributed by atoms with E-state index >= 15 is 0 Å². The van der Waals surface area contributed by atoms with Crippen LogP contribution >= 0.6 is 11.3 Å². The third-order valence-corrected chi connectivity index (χ3v) is 5.00. The molecule has 0 bridgehead atoms. The predicted molar refractivity (Wildman–Crippen MR) is 97.3 cm³/mol. The lowest BCUT2D eigenvalue weighted by molar-refractivity contribution is -0.137. The molecular formula is C17H19F3N4O2S. The molecule has 0 unspecified atom stereocenters. The van der Waals surface area contributed by atoms with Crippen LogP contribution < -0.4 is 15.8 Å². The van der Waals surface area contributed by atoms with Crippen molar-refractivity contribution >= 4 is 34.3 Å². The van der Waals surface area contributed by atoms with Gasteiger partial charge < -0.3 is 5.32 Å². The first kappa shape index (κ1) is 20.7. The van der Waals surface area contributed by atoms with E-state index in [1.165, 1.54) is 11.3 Å². The molecule has 2 aromatic heterocycles. The molecule has 2 N–H and O–H groups in total. The first-order chi connectivity index (χ1) is 12.7. The molecule has 10 heteroatoms. The molecule has 0 aromatic carbocycles. The lowest BCUT2D eigenvalue weighted by Gasteiger charge is -2.18. The summed E-state index contributed by atoms with van der Waals surface area (Å²) in [4.78, 5) is 27.2. The van der Waals surface area contributed by atoms with E-state index < -0.39 is 11.7 Å². The molecule has 2 amide bonds. The van der Waals surface area contributed by atoms with Gasteiger partial charge in [-0.1, -0.05) is 6.92 Å². The molecule has 1 atom stereocenters. The second kappa shape index (κ2) is 8.38. The zero-order chi connectivity index (χ0) is 20.2. The molecule has 2 aromatic rings. The number of alkyl halides is 3. The van der Waals surface area contributed by atoms with E-state index in [9.17, 15) is 22.8 Å². The molecular weight excluding hydrogens is 381 g/mol. The highest BCUT2D eigenvalue weighted by Gasteiger charge is 2.31. The van der Waals surface area contributed by atoms with Crippen molar-refractivity contribution in [3.05, 3.63) is 40.5 Å². The van der Waals surface area contributed by atoms with Crippen molar-refractivity contribution in [2.45, 2.75) is 39.4 Å². The minimum Gasteiger partial charge on any atom is -0.376 e. The average molecular weight is 400 g/mol. The molecule has 0 saturated carbocycles. The average Bonchev–Trinajstić information content (AvgIpc) is 3.10. The van der Waals surface area contributed by atoms with Crippen molar-refractivity contribution < 1.29 is 22.8 Å². The van der Waals surface area contributed by atoms with Crippen LogP contribution in [0, 0.1) is 6.92 Å². The lowest BCUT2D eigenvalue weighted by Crippen LogP contribution is -2.40. The maximum Gasteiger partial charge on any atom is 0.417 e. The van der Waals surface area contributed by atoms with E-state index in [2.05, 4.69) is 15.7 Å². The monoisotopic (exact) mass is 400 g/mol. The van der Waals surface area contributed by atoms with Gasteiger partial charge in [-0.25, -0.2) is 5.01 Å². The molecule has 0 spiro atoms. The van der Waals surface area contributed by atoms with E-state index in [-0.39, 0.29) is 24.1 Å². The topological polar surface area (TPSA) is 74.3 Å². The van der Waals surface area contributed by atoms with Crippen LogP contribution in [0.2, 0.25) is 0 Å². The summed E-state index contributed by atoms with van der Waals surface area (Å²) in [6.45, 7) is 5.06. The second-order valence-electron chi connectivity index (χ2n) is 5.76. The number of hydrazine groups is 1. The van der Waals surface area contributed by atoms with Crippen LogP contribution in [-0.4, -0.2) is 17.3 Å². The number of aromatic nitrogens is 1. The minimum absolute atomic E-state index is 0.225. The van der Waals surface area contributed by atoms with Crippen molar-refractivity contribution in [2.75, 3.05) is 10.3 Å². The van der Waals surface area contributed by atoms with Gasteiger partial charge in [-0.05, 0) is 32.0 Å². The summed E-state index contributed by atoms with van der Waals surface area (Å²) < 4.78 is 38.7. The number of hydrogen-bond acceptors (Lipinski definition) is 5. The van der Waals surface area contributed by atoms with E-state index in [0.29, 0.717) is 17.1 Å². The van der Waals surface area contributed by atoms with Crippen LogP contribution in [0.25, 0.3) is 0 Å². The van der Waals surface area contributed by atoms with Gasteiger partial charge in [-0.15, -0.1) is 11.3 Å². The SMILES string of the molecule is CCC(=O)NN(C=O)c1ccc([C@@H](C)Nc2cc(C(F)(F)F)cnc2C)s1. The molecule has 0 aliphatic carbocycles. The summed E-state index contributed by atoms with van der Waals surface area (Å²) in [6, 6.07) is 4.08. The number of carbonyl (C=O) groups is 2. The summed E-state index contributed by atoms with van der Waals surface area (Å²) in [5.74, 6) is -0.311. The summed E-state index contributed by atoms with van der Waals surface area (Å²) >= 11 is 1.24. The third kappa shape index (κ3) is 5.19. The van der Waals surface area contributed by atoms with Crippen LogP contribution in [0.15, 0.2) is 24.4 Å². The number of hydrogen-bond donors (Lipinski definition) is 2. The Bertz CT molecular complexity index is 823. The van der Waals surface area contributed by atoms with Crippen molar-refractivity contribution in [1.29, 1.82) is 0 Å². The zero-order valence-corrected chi connectivity index (χ0v) is 15.7. The first-order valence-corrected chi connectivity index (χ1v) is 8.91. The molecule has 6 nitrogen and oxygen atoms in total. The molecule has 0 aliphatic rings. The molecule has 2 rings (SSSR count). The number of amides is 2. The Morgan fingerprint density at radius 3 is 2.70 bits per heavy atom. The Morgan fingerprint density at radius 1 is 1.41 bits per heavy atom. The van der Waals surface area contributed by atoms with Gasteiger partial charge in [-0.2, -0.15) is 13.2 Å². The highest BCUT2D eigenvalue weighted by atomic mass is 32.1. The summed E-state index contributed by atoms with van der Waals surface area (Å²) in [5.41, 5.74) is 2.34. The van der Waals surface area contributed by atoms with Crippen molar-refractivity contribution in [3.63, 3.8) is 0 Å². The Balaban J connectivity index is 2.18. The highest BCUT2D eigenvalue weighted by Crippen LogP contribution is 2.34. The van der Waals surface area contributed by atoms with Crippen molar-refractivity contribution in [1.82, 2.24) is 10.4 Å². The van der Waals surface area contributed by atoms with Gasteiger partial charge in [0, 0.05) is 17.5 Å². The first-order valence-electron chi connectivity index (χ1n) is 8.09. The number of carbonyl (C=O) groups excluding carboxylic acids is 2. The van der Waals surface area contributed by atoms with Gasteiger partial charge in [0.05, 0.1) is 23.0 Å². The molecule has 27 heavy (non-hydrogen) atoms. The number of anilines is 2. The quantitative estimate of drug-likeness (QED) is 0.543. The number of nitrogens with one attached hydrogen (secondary N) is 2. The summed E-state index contributed by atoms with van der Waals surface area (Å²) in [5, 5.41) is 4.58. The number of rotatable bonds is 7. The molecule has 2 heterocycles. The summed E-state index contributed by atoms with van der Waals surface area (Å²) in [7, 11) is 0. The zero-order valence-electron chi connectivity index (χ0n) is 14.9. The normalized spacial score (nSPS) is 12.4. The Labute approximate surface area is 158 Å². The fourth-order valence-electron chi connectivity index (χ4n) is 2.19. The van der Waals surface area contributed by atoms with Crippen LogP contribution in [0.3, 0.4) is 0 Å². The lowest BCUT2D eigenvalue weighted by atomic mass is 10.2. The number of aryl methyl sites for hydroxylation is 1. The van der Waals surface area contributed by atoms with Crippen LogP contribution in [0.5, 0.6) is 0 Å². The number of nitrogens with zero attached hydrogens (tertiary/aromatic N) is 2. The van der Waals surface area contributed by atoms with E-state index in [4.69, 9.17) is 0 Å². The van der Waals surface area contributed by atoms with Gasteiger partial charge in [0.2, 0.25) is 12.3 Å². The maximum atomic E-state index is 12.9. The van der Waals surface area contributed by atoms with Gasteiger partial charge in [0.1, 0.15) is 5.00 Å². The molecule has 0 aliphatic heterocycles. The maximum absolute atomic E-state index is 12.9. The largest absolute Gasteiger partial charge is 0.417 e. The number of pyridine rings is 1. The van der Waals surface area contributed by atoms with Crippen LogP contribution in [0.4, 0.5) is 23.9 Å². The molecule has 0 fully saturated rings.